The summed E-state index contributed by atoms with van der Waals surface area (Å²) in [5.41, 5.74) is 0. The Labute approximate surface area is 109 Å². The molecule has 0 spiro atoms. The Bertz CT molecular complexity index is 255. The molecule has 0 amide bonds. The molecule has 0 saturated carbocycles. The highest BCUT2D eigenvalue weighted by atomic mass is 16.7. The van der Waals surface area contributed by atoms with Crippen LogP contribution in [-0.4, -0.2) is 89.3 Å². The van der Waals surface area contributed by atoms with Crippen molar-refractivity contribution in [3.63, 3.8) is 0 Å². The quantitative estimate of drug-likeness (QED) is 0.676. The molecule has 1 saturated heterocycles. The molecule has 1 heterocycles. The molecule has 0 aliphatic carbocycles. The van der Waals surface area contributed by atoms with Gasteiger partial charge in [-0.2, -0.15) is 0 Å². The minimum absolute atomic E-state index is 0.0345. The summed E-state index contributed by atoms with van der Waals surface area (Å²) >= 11 is 0. The Morgan fingerprint density at radius 3 is 1.89 bits per heavy atom. The van der Waals surface area contributed by atoms with E-state index in [2.05, 4.69) is 21.1 Å². The third-order valence-electron chi connectivity index (χ3n) is 3.47. The zero-order valence-electron chi connectivity index (χ0n) is 12.1. The van der Waals surface area contributed by atoms with Gasteiger partial charge in [0.1, 0.15) is 18.3 Å². The molecule has 1 N–H and O–H groups in total. The van der Waals surface area contributed by atoms with Gasteiger partial charge in [0.2, 0.25) is 6.29 Å². The van der Waals surface area contributed by atoms with E-state index in [1.54, 1.807) is 21.3 Å². The molecule has 1 fully saturated rings. The summed E-state index contributed by atoms with van der Waals surface area (Å²) in [5.74, 6) is 0. The van der Waals surface area contributed by atoms with E-state index in [0.717, 1.165) is 0 Å². The van der Waals surface area contributed by atoms with Crippen molar-refractivity contribution in [2.75, 3.05) is 49.1 Å². The van der Waals surface area contributed by atoms with Crippen LogP contribution < -0.4 is 0 Å². The fourth-order valence-corrected chi connectivity index (χ4v) is 2.60. The highest BCUT2D eigenvalue weighted by Crippen LogP contribution is 2.30. The van der Waals surface area contributed by atoms with Gasteiger partial charge >= 0.3 is 0 Å². The number of hydrogen-bond donors (Lipinski definition) is 1. The Balaban J connectivity index is 3.05. The Morgan fingerprint density at radius 2 is 1.56 bits per heavy atom. The van der Waals surface area contributed by atoms with E-state index in [0.29, 0.717) is 4.48 Å². The van der Waals surface area contributed by atoms with Gasteiger partial charge in [-0.05, 0) is 0 Å². The van der Waals surface area contributed by atoms with Gasteiger partial charge < -0.3 is 28.5 Å². The second-order valence-electron chi connectivity index (χ2n) is 5.47. The SMILES string of the molecule is COC1OC(CO)C(OC)C(OC)C1[N+](C)(C)C. The highest BCUT2D eigenvalue weighted by Gasteiger charge is 2.52. The van der Waals surface area contributed by atoms with E-state index in [4.69, 9.17) is 18.9 Å². The van der Waals surface area contributed by atoms with Crippen molar-refractivity contribution in [2.45, 2.75) is 30.6 Å². The number of hydrogen-bond acceptors (Lipinski definition) is 5. The smallest absolute Gasteiger partial charge is 0.213 e. The third-order valence-corrected chi connectivity index (χ3v) is 3.47. The van der Waals surface area contributed by atoms with Crippen molar-refractivity contribution in [3.8, 4) is 0 Å². The van der Waals surface area contributed by atoms with Gasteiger partial charge in [0.05, 0.1) is 27.7 Å². The van der Waals surface area contributed by atoms with Crippen molar-refractivity contribution < 1.29 is 28.5 Å². The van der Waals surface area contributed by atoms with Crippen molar-refractivity contribution >= 4 is 0 Å². The summed E-state index contributed by atoms with van der Waals surface area (Å²) in [6.45, 7) is -0.123. The van der Waals surface area contributed by atoms with Crippen molar-refractivity contribution in [2.24, 2.45) is 0 Å². The van der Waals surface area contributed by atoms with Crippen molar-refractivity contribution in [3.05, 3.63) is 0 Å². The van der Waals surface area contributed by atoms with E-state index in [1.165, 1.54) is 0 Å². The van der Waals surface area contributed by atoms with Crippen LogP contribution >= 0.6 is 0 Å². The van der Waals surface area contributed by atoms with Crippen LogP contribution in [0.3, 0.4) is 0 Å². The summed E-state index contributed by atoms with van der Waals surface area (Å²) in [7, 11) is 11.0. The molecule has 1 aliphatic heterocycles. The zero-order valence-corrected chi connectivity index (χ0v) is 12.1. The second-order valence-corrected chi connectivity index (χ2v) is 5.47. The first-order valence-electron chi connectivity index (χ1n) is 6.06. The first-order chi connectivity index (χ1) is 8.40. The molecule has 0 aromatic rings. The van der Waals surface area contributed by atoms with Crippen LogP contribution in [0.1, 0.15) is 0 Å². The molecule has 6 heteroatoms. The number of nitrogens with zero attached hydrogens (tertiary/aromatic N) is 1. The van der Waals surface area contributed by atoms with E-state index in [-0.39, 0.29) is 24.9 Å². The lowest BCUT2D eigenvalue weighted by Gasteiger charge is -2.49. The number of quaternary nitrogens is 1. The zero-order chi connectivity index (χ0) is 13.9. The molecular weight excluding hydrogens is 238 g/mol. The fourth-order valence-electron chi connectivity index (χ4n) is 2.60. The average Bonchev–Trinajstić information content (AvgIpc) is 2.34. The predicted octanol–water partition coefficient (Wildman–Crippen LogP) is -0.545. The van der Waals surface area contributed by atoms with Gasteiger partial charge in [-0.15, -0.1) is 0 Å². The Kier molecular flexibility index (Phi) is 5.51. The largest absolute Gasteiger partial charge is 0.394 e. The van der Waals surface area contributed by atoms with Crippen LogP contribution in [0.5, 0.6) is 0 Å². The number of aliphatic hydroxyl groups excluding tert-OH is 1. The van der Waals surface area contributed by atoms with Crippen molar-refractivity contribution in [1.82, 2.24) is 0 Å². The van der Waals surface area contributed by atoms with Gasteiger partial charge in [0, 0.05) is 21.3 Å². The summed E-state index contributed by atoms with van der Waals surface area (Å²) in [4.78, 5) is 0. The van der Waals surface area contributed by atoms with Crippen molar-refractivity contribution in [1.29, 1.82) is 0 Å². The number of likely N-dealkylation sites (N-methyl/N-ethyl adjacent to an activating group) is 1. The van der Waals surface area contributed by atoms with E-state index in [1.807, 2.05) is 0 Å². The van der Waals surface area contributed by atoms with Gasteiger partial charge in [0.15, 0.2) is 6.04 Å². The number of rotatable bonds is 5. The standard InChI is InChI=1S/C12H26NO5/c1-13(2,3)9-11(16-5)10(15-4)8(7-14)18-12(9)17-6/h8-12,14H,7H2,1-6H3/q+1. The van der Waals surface area contributed by atoms with Crippen LogP contribution in [0, 0.1) is 0 Å². The molecule has 108 valence electrons. The monoisotopic (exact) mass is 264 g/mol. The molecule has 5 atom stereocenters. The highest BCUT2D eigenvalue weighted by molar-refractivity contribution is 4.92. The lowest BCUT2D eigenvalue weighted by atomic mass is 9.94. The van der Waals surface area contributed by atoms with Crippen LogP contribution in [0.15, 0.2) is 0 Å². The molecule has 0 bridgehead atoms. The molecule has 0 radical (unpaired) electrons. The lowest BCUT2D eigenvalue weighted by molar-refractivity contribution is -0.909. The first kappa shape index (κ1) is 15.8. The topological polar surface area (TPSA) is 57.2 Å². The predicted molar refractivity (Wildman–Crippen MR) is 66.2 cm³/mol. The molecule has 1 aliphatic rings. The van der Waals surface area contributed by atoms with Crippen LogP contribution in [0.4, 0.5) is 0 Å². The molecule has 0 aromatic heterocycles. The second kappa shape index (κ2) is 6.27. The van der Waals surface area contributed by atoms with E-state index >= 15 is 0 Å². The molecule has 1 rings (SSSR count). The average molecular weight is 264 g/mol. The minimum atomic E-state index is -0.437. The first-order valence-corrected chi connectivity index (χ1v) is 6.06. The van der Waals surface area contributed by atoms with Gasteiger partial charge in [0.25, 0.3) is 0 Å². The minimum Gasteiger partial charge on any atom is -0.394 e. The normalized spacial score (nSPS) is 37.8. The summed E-state index contributed by atoms with van der Waals surface area (Å²) in [6, 6.07) is -0.0345. The molecule has 18 heavy (non-hydrogen) atoms. The summed E-state index contributed by atoms with van der Waals surface area (Å²) in [6.07, 6.45) is -1.38. The van der Waals surface area contributed by atoms with Crippen LogP contribution in [0.2, 0.25) is 0 Å². The third kappa shape index (κ3) is 3.01. The van der Waals surface area contributed by atoms with Crippen LogP contribution in [0.25, 0.3) is 0 Å². The van der Waals surface area contributed by atoms with E-state index in [9.17, 15) is 5.11 Å². The molecule has 5 unspecified atom stereocenters. The fraction of sp³-hybridized carbons (Fsp3) is 1.00. The molecule has 0 aromatic carbocycles. The van der Waals surface area contributed by atoms with Gasteiger partial charge in [-0.1, -0.05) is 0 Å². The Hall–Kier alpha value is -0.240. The maximum absolute atomic E-state index is 9.39. The lowest BCUT2D eigenvalue weighted by Crippen LogP contribution is -2.69. The van der Waals surface area contributed by atoms with Gasteiger partial charge in [-0.25, -0.2) is 0 Å². The Morgan fingerprint density at radius 1 is 1.00 bits per heavy atom. The number of ether oxygens (including phenoxy) is 4. The summed E-state index contributed by atoms with van der Waals surface area (Å²) in [5, 5.41) is 9.39. The number of methoxy groups -OCH3 is 3. The molecule has 6 nitrogen and oxygen atoms in total. The van der Waals surface area contributed by atoms with E-state index < -0.39 is 12.4 Å². The maximum atomic E-state index is 9.39. The summed E-state index contributed by atoms with van der Waals surface area (Å²) < 4.78 is 22.8. The molecular formula is C12H26NO5+. The van der Waals surface area contributed by atoms with Gasteiger partial charge in [-0.3, -0.25) is 0 Å². The maximum Gasteiger partial charge on any atom is 0.213 e. The number of aliphatic hydroxyl groups is 1. The van der Waals surface area contributed by atoms with Crippen LogP contribution in [-0.2, 0) is 18.9 Å².